The Kier molecular flexibility index (Phi) is 7.02. The number of esters is 1. The first-order valence-corrected chi connectivity index (χ1v) is 14.9. The molecule has 0 amide bonds. The van der Waals surface area contributed by atoms with Crippen molar-refractivity contribution in [3.8, 4) is 0 Å². The number of methoxy groups -OCH3 is 1. The molecule has 0 radical (unpaired) electrons. The molecule has 2 aliphatic heterocycles. The number of carbonyl (C=O) groups excluding carboxylic acids is 1. The normalized spacial score (nSPS) is 55.3. The third-order valence-corrected chi connectivity index (χ3v) is 12.3. The lowest BCUT2D eigenvalue weighted by atomic mass is 9.43. The molecule has 5 fully saturated rings. The molecule has 6 aliphatic rings. The molecule has 14 atom stereocenters. The monoisotopic (exact) mass is 550 g/mol. The zero-order valence-corrected chi connectivity index (χ0v) is 23.6. The van der Waals surface area contributed by atoms with Gasteiger partial charge in [0.2, 0.25) is 0 Å². The van der Waals surface area contributed by atoms with Crippen LogP contribution in [0, 0.1) is 34.5 Å². The molecular weight excluding hydrogens is 504 g/mol. The lowest BCUT2D eigenvalue weighted by Gasteiger charge is -2.63. The molecule has 39 heavy (non-hydrogen) atoms. The predicted octanol–water partition coefficient (Wildman–Crippen LogP) is 2.08. The molecule has 0 unspecified atom stereocenters. The standard InChI is InChI=1S/C30H46O9/c1-15-24(33)26(36-4)25(34)27(38-15)39-18-7-9-28(2)17(12-18)5-6-20-19(28)8-10-29(3)23(16-11-22(32)37-14-16)21(31)13-30(20,29)35/h11,15,17-21,23-27,31,33-35H,5-10,12-14H2,1-4H3/t15-,17+,18-,19+,20+,21-,23-,24-,25+,26+,27-,28-,29+,30-/m0/s1. The summed E-state index contributed by atoms with van der Waals surface area (Å²) in [6, 6.07) is 0. The third-order valence-electron chi connectivity index (χ3n) is 12.3. The van der Waals surface area contributed by atoms with E-state index >= 15 is 0 Å². The number of aliphatic hydroxyl groups excluding tert-OH is 3. The lowest BCUT2D eigenvalue weighted by Crippen LogP contribution is -2.62. The summed E-state index contributed by atoms with van der Waals surface area (Å²) < 4.78 is 22.7. The van der Waals surface area contributed by atoms with E-state index in [1.165, 1.54) is 13.2 Å². The highest BCUT2D eigenvalue weighted by molar-refractivity contribution is 5.85. The van der Waals surface area contributed by atoms with Gasteiger partial charge in [0.15, 0.2) is 6.29 Å². The van der Waals surface area contributed by atoms with Crippen molar-refractivity contribution in [3.63, 3.8) is 0 Å². The summed E-state index contributed by atoms with van der Waals surface area (Å²) in [4.78, 5) is 11.8. The van der Waals surface area contributed by atoms with E-state index in [9.17, 15) is 25.2 Å². The van der Waals surface area contributed by atoms with Gasteiger partial charge < -0.3 is 39.4 Å². The lowest BCUT2D eigenvalue weighted by molar-refractivity contribution is -0.313. The molecule has 6 rings (SSSR count). The topological polar surface area (TPSA) is 135 Å². The molecule has 0 bridgehead atoms. The number of ether oxygens (including phenoxy) is 4. The molecule has 4 aliphatic carbocycles. The van der Waals surface area contributed by atoms with Gasteiger partial charge in [-0.15, -0.1) is 0 Å². The molecule has 9 heteroatoms. The summed E-state index contributed by atoms with van der Waals surface area (Å²) in [7, 11) is 1.48. The van der Waals surface area contributed by atoms with Crippen LogP contribution in [-0.2, 0) is 23.7 Å². The highest BCUT2D eigenvalue weighted by Crippen LogP contribution is 2.70. The van der Waals surface area contributed by atoms with Crippen molar-refractivity contribution in [2.24, 2.45) is 34.5 Å². The van der Waals surface area contributed by atoms with Gasteiger partial charge in [-0.3, -0.25) is 0 Å². The van der Waals surface area contributed by atoms with Crippen LogP contribution in [0.1, 0.15) is 72.1 Å². The minimum Gasteiger partial charge on any atom is -0.458 e. The maximum atomic E-state index is 12.4. The van der Waals surface area contributed by atoms with Crippen LogP contribution in [0.4, 0.5) is 0 Å². The number of aliphatic hydroxyl groups is 4. The zero-order valence-electron chi connectivity index (χ0n) is 23.6. The van der Waals surface area contributed by atoms with Crippen molar-refractivity contribution < 1.29 is 44.2 Å². The first-order valence-electron chi connectivity index (χ1n) is 14.9. The van der Waals surface area contributed by atoms with E-state index in [2.05, 4.69) is 13.8 Å². The Morgan fingerprint density at radius 1 is 1.03 bits per heavy atom. The van der Waals surface area contributed by atoms with E-state index in [0.29, 0.717) is 18.3 Å². The van der Waals surface area contributed by atoms with Crippen molar-refractivity contribution in [1.29, 1.82) is 0 Å². The van der Waals surface area contributed by atoms with E-state index in [4.69, 9.17) is 18.9 Å². The number of hydrogen-bond donors (Lipinski definition) is 4. The van der Waals surface area contributed by atoms with Gasteiger partial charge in [0.1, 0.15) is 24.9 Å². The Hall–Kier alpha value is -1.07. The SMILES string of the molecule is CO[C@@H]1[C@@H](O)[C@H](C)O[C@@H](O[C@H]2CC[C@@]3(C)[C@H](CC[C@@H]4[C@H]3CC[C@]3(C)[C@@H](C5=CC(=O)OC5)[C@@H](O)C[C@]43O)C2)[C@@H]1O. The van der Waals surface area contributed by atoms with E-state index in [-0.39, 0.29) is 35.9 Å². The Bertz CT molecular complexity index is 1000. The van der Waals surface area contributed by atoms with Gasteiger partial charge in [-0.25, -0.2) is 4.79 Å². The van der Waals surface area contributed by atoms with Crippen LogP contribution in [0.5, 0.6) is 0 Å². The maximum absolute atomic E-state index is 12.4. The molecule has 220 valence electrons. The summed E-state index contributed by atoms with van der Waals surface area (Å²) in [6.07, 6.45) is 3.40. The van der Waals surface area contributed by atoms with Crippen LogP contribution in [0.2, 0.25) is 0 Å². The molecule has 0 spiro atoms. The molecule has 1 saturated heterocycles. The Morgan fingerprint density at radius 3 is 2.49 bits per heavy atom. The van der Waals surface area contributed by atoms with E-state index in [0.717, 1.165) is 50.5 Å². The minimum absolute atomic E-state index is 0.0547. The fourth-order valence-electron chi connectivity index (χ4n) is 10.2. The molecule has 0 aromatic rings. The minimum atomic E-state index is -1.06. The zero-order chi connectivity index (χ0) is 27.9. The van der Waals surface area contributed by atoms with Crippen molar-refractivity contribution in [2.75, 3.05) is 13.7 Å². The number of hydrogen-bond acceptors (Lipinski definition) is 9. The van der Waals surface area contributed by atoms with Crippen molar-refractivity contribution in [1.82, 2.24) is 0 Å². The van der Waals surface area contributed by atoms with Crippen LogP contribution in [-0.4, -0.2) is 88.6 Å². The fourth-order valence-corrected chi connectivity index (χ4v) is 10.2. The average molecular weight is 551 g/mol. The molecular formula is C30H46O9. The van der Waals surface area contributed by atoms with Gasteiger partial charge in [-0.2, -0.15) is 0 Å². The number of cyclic esters (lactones) is 1. The fraction of sp³-hybridized carbons (Fsp3) is 0.900. The largest absolute Gasteiger partial charge is 0.458 e. The molecule has 4 N–H and O–H groups in total. The van der Waals surface area contributed by atoms with Gasteiger partial charge in [0.05, 0.1) is 23.9 Å². The first kappa shape index (κ1) is 28.1. The molecule has 0 aromatic heterocycles. The smallest absolute Gasteiger partial charge is 0.331 e. The van der Waals surface area contributed by atoms with Crippen molar-refractivity contribution in [3.05, 3.63) is 11.6 Å². The second-order valence-electron chi connectivity index (χ2n) is 13.9. The quantitative estimate of drug-likeness (QED) is 0.307. The summed E-state index contributed by atoms with van der Waals surface area (Å²) >= 11 is 0. The van der Waals surface area contributed by atoms with Gasteiger partial charge in [-0.05, 0) is 80.6 Å². The number of fused-ring (bicyclic) bond motifs is 5. The van der Waals surface area contributed by atoms with Crippen LogP contribution >= 0.6 is 0 Å². The highest BCUT2D eigenvalue weighted by atomic mass is 16.7. The van der Waals surface area contributed by atoms with Crippen LogP contribution in [0.3, 0.4) is 0 Å². The molecule has 0 aromatic carbocycles. The van der Waals surface area contributed by atoms with E-state index in [1.807, 2.05) is 0 Å². The second kappa shape index (κ2) is 9.75. The average Bonchev–Trinajstić information content (AvgIpc) is 3.39. The highest BCUT2D eigenvalue weighted by Gasteiger charge is 2.70. The van der Waals surface area contributed by atoms with Gasteiger partial charge in [0, 0.05) is 30.9 Å². The van der Waals surface area contributed by atoms with Gasteiger partial charge in [-0.1, -0.05) is 13.8 Å². The first-order chi connectivity index (χ1) is 18.4. The number of rotatable bonds is 4. The van der Waals surface area contributed by atoms with E-state index < -0.39 is 47.8 Å². The summed E-state index contributed by atoms with van der Waals surface area (Å²) in [6.45, 7) is 6.48. The maximum Gasteiger partial charge on any atom is 0.331 e. The van der Waals surface area contributed by atoms with Crippen LogP contribution < -0.4 is 0 Å². The second-order valence-corrected chi connectivity index (χ2v) is 13.9. The third kappa shape index (κ3) is 4.09. The van der Waals surface area contributed by atoms with E-state index in [1.54, 1.807) is 6.92 Å². The van der Waals surface area contributed by atoms with Crippen molar-refractivity contribution >= 4 is 5.97 Å². The van der Waals surface area contributed by atoms with Gasteiger partial charge in [0.25, 0.3) is 0 Å². The summed E-state index contributed by atoms with van der Waals surface area (Å²) in [5.74, 6) is 0.260. The van der Waals surface area contributed by atoms with Crippen LogP contribution in [0.25, 0.3) is 0 Å². The predicted molar refractivity (Wildman–Crippen MR) is 139 cm³/mol. The Labute approximate surface area is 230 Å². The molecule has 2 heterocycles. The molecule has 9 nitrogen and oxygen atoms in total. The summed E-state index contributed by atoms with van der Waals surface area (Å²) in [5.41, 5.74) is -0.601. The van der Waals surface area contributed by atoms with Crippen LogP contribution in [0.15, 0.2) is 11.6 Å². The van der Waals surface area contributed by atoms with Gasteiger partial charge >= 0.3 is 5.97 Å². The Balaban J connectivity index is 1.17. The summed E-state index contributed by atoms with van der Waals surface area (Å²) in [5, 5.41) is 44.7. The number of carbonyl (C=O) groups is 1. The Morgan fingerprint density at radius 2 is 1.79 bits per heavy atom. The van der Waals surface area contributed by atoms with Crippen molar-refractivity contribution in [2.45, 2.75) is 121 Å². The molecule has 4 saturated carbocycles.